The molecule has 3 heterocycles. The zero-order valence-electron chi connectivity index (χ0n) is 23.8. The lowest BCUT2D eigenvalue weighted by atomic mass is 9.86. The monoisotopic (exact) mass is 616 g/mol. The third-order valence-electron chi connectivity index (χ3n) is 7.16. The van der Waals surface area contributed by atoms with Crippen molar-refractivity contribution < 1.29 is 35.9 Å². The van der Waals surface area contributed by atoms with Gasteiger partial charge in [0.25, 0.3) is 10.0 Å². The molecule has 5 rings (SSSR count). The quantitative estimate of drug-likeness (QED) is 0.304. The molecule has 228 valence electrons. The number of hydrogen-bond acceptors (Lipinski definition) is 8. The van der Waals surface area contributed by atoms with Gasteiger partial charge in [0.1, 0.15) is 17.3 Å². The van der Waals surface area contributed by atoms with Gasteiger partial charge in [-0.25, -0.2) is 31.6 Å². The van der Waals surface area contributed by atoms with Crippen molar-refractivity contribution in [2.75, 3.05) is 23.2 Å². The summed E-state index contributed by atoms with van der Waals surface area (Å²) >= 11 is 0. The van der Waals surface area contributed by atoms with Crippen molar-refractivity contribution in [2.24, 2.45) is 5.92 Å². The van der Waals surface area contributed by atoms with E-state index in [0.717, 1.165) is 37.1 Å². The first-order chi connectivity index (χ1) is 20.4. The summed E-state index contributed by atoms with van der Waals surface area (Å²) in [5.41, 5.74) is -2.19. The minimum atomic E-state index is -4.89. The topological polar surface area (TPSA) is 120 Å². The molecule has 1 fully saturated rings. The lowest BCUT2D eigenvalue weighted by Gasteiger charge is -2.25. The van der Waals surface area contributed by atoms with Crippen LogP contribution in [0.15, 0.2) is 53.6 Å². The van der Waals surface area contributed by atoms with Crippen molar-refractivity contribution in [1.29, 1.82) is 0 Å². The van der Waals surface area contributed by atoms with Crippen LogP contribution in [0.4, 0.5) is 24.8 Å². The average molecular weight is 617 g/mol. The first-order valence-electron chi connectivity index (χ1n) is 13.8. The lowest BCUT2D eigenvalue weighted by molar-refractivity contribution is -0.127. The number of benzene rings is 2. The molecule has 2 atom stereocenters. The van der Waals surface area contributed by atoms with Crippen LogP contribution >= 0.6 is 0 Å². The molecule has 1 aromatic heterocycles. The standard InChI is InChI=1S/C30H31F3N4O5S/c1-17(2)15-30(3)28(38)24(26(42-30)23-12-13-34-29(36-23)35-16-18-7-6-14-41-18)19-8-4-11-22(25(19)33)37-43(39,40)27-20(31)9-5-10-21(27)32/h4-5,8-13,17-18,37H,6-7,14-16H2,1-3H3,(H,34,35,36). The zero-order valence-corrected chi connectivity index (χ0v) is 24.6. The van der Waals surface area contributed by atoms with Crippen molar-refractivity contribution >= 4 is 38.8 Å². The third kappa shape index (κ3) is 6.23. The fraction of sp³-hybridized carbons (Fsp3) is 0.367. The van der Waals surface area contributed by atoms with E-state index in [4.69, 9.17) is 9.47 Å². The number of nitrogens with zero attached hydrogens (tertiary/aromatic N) is 2. The second kappa shape index (κ2) is 12.0. The second-order valence-electron chi connectivity index (χ2n) is 11.1. The van der Waals surface area contributed by atoms with Crippen LogP contribution in [0.5, 0.6) is 0 Å². The summed E-state index contributed by atoms with van der Waals surface area (Å²) in [4.78, 5) is 21.4. The molecule has 0 bridgehead atoms. The predicted octanol–water partition coefficient (Wildman–Crippen LogP) is 5.56. The molecule has 2 N–H and O–H groups in total. The number of carbonyl (C=O) groups excluding carboxylic acids is 1. The summed E-state index contributed by atoms with van der Waals surface area (Å²) in [5, 5.41) is 3.12. The van der Waals surface area contributed by atoms with Crippen molar-refractivity contribution in [3.05, 3.63) is 77.4 Å². The zero-order chi connectivity index (χ0) is 30.9. The average Bonchev–Trinajstić information content (AvgIpc) is 3.55. The Labute approximate surface area is 247 Å². The van der Waals surface area contributed by atoms with E-state index >= 15 is 4.39 Å². The fourth-order valence-corrected chi connectivity index (χ4v) is 6.55. The number of Topliss-reactive ketones (excluding diaryl/α,β-unsaturated/α-hetero) is 1. The van der Waals surface area contributed by atoms with Gasteiger partial charge in [0.15, 0.2) is 22.1 Å². The largest absolute Gasteiger partial charge is 0.476 e. The van der Waals surface area contributed by atoms with E-state index in [2.05, 4.69) is 15.3 Å². The summed E-state index contributed by atoms with van der Waals surface area (Å²) < 4.78 is 84.3. The molecule has 43 heavy (non-hydrogen) atoms. The first-order valence-corrected chi connectivity index (χ1v) is 15.3. The van der Waals surface area contributed by atoms with Crippen molar-refractivity contribution in [3.63, 3.8) is 0 Å². The molecular weight excluding hydrogens is 585 g/mol. The second-order valence-corrected chi connectivity index (χ2v) is 12.7. The van der Waals surface area contributed by atoms with E-state index in [-0.39, 0.29) is 40.6 Å². The van der Waals surface area contributed by atoms with Gasteiger partial charge in [0.05, 0.1) is 17.4 Å². The normalized spacial score (nSPS) is 20.5. The molecular formula is C30H31F3N4O5S. The lowest BCUT2D eigenvalue weighted by Crippen LogP contribution is -2.35. The van der Waals surface area contributed by atoms with E-state index in [0.29, 0.717) is 19.6 Å². The molecule has 0 spiro atoms. The number of ketones is 1. The van der Waals surface area contributed by atoms with Gasteiger partial charge in [-0.05, 0) is 56.4 Å². The highest BCUT2D eigenvalue weighted by Gasteiger charge is 2.48. The van der Waals surface area contributed by atoms with Crippen LogP contribution in [0.25, 0.3) is 11.3 Å². The van der Waals surface area contributed by atoms with Crippen molar-refractivity contribution in [3.8, 4) is 0 Å². The van der Waals surface area contributed by atoms with Crippen LogP contribution in [-0.2, 0) is 24.3 Å². The molecule has 0 amide bonds. The Hall–Kier alpha value is -3.97. The number of ether oxygens (including phenoxy) is 2. The number of rotatable bonds is 10. The number of anilines is 2. The SMILES string of the molecule is CC(C)CC1(C)OC(c2ccnc(NCC3CCCO3)n2)=C(c2cccc(NS(=O)(=O)c3c(F)cccc3F)c2F)C1=O. The van der Waals surface area contributed by atoms with Gasteiger partial charge < -0.3 is 14.8 Å². The molecule has 0 saturated carbocycles. The third-order valence-corrected chi connectivity index (χ3v) is 8.58. The summed E-state index contributed by atoms with van der Waals surface area (Å²) in [5.74, 6) is -4.06. The van der Waals surface area contributed by atoms with Gasteiger partial charge >= 0.3 is 0 Å². The van der Waals surface area contributed by atoms with Gasteiger partial charge in [0.2, 0.25) is 11.7 Å². The number of sulfonamides is 1. The number of hydrogen-bond donors (Lipinski definition) is 2. The Morgan fingerprint density at radius 3 is 2.49 bits per heavy atom. The Kier molecular flexibility index (Phi) is 8.48. The van der Waals surface area contributed by atoms with Gasteiger partial charge in [-0.1, -0.05) is 32.0 Å². The molecule has 2 aromatic carbocycles. The number of nitrogens with one attached hydrogen (secondary N) is 2. The number of aromatic nitrogens is 2. The smallest absolute Gasteiger partial charge is 0.267 e. The van der Waals surface area contributed by atoms with E-state index in [9.17, 15) is 22.0 Å². The highest BCUT2D eigenvalue weighted by atomic mass is 32.2. The Bertz CT molecular complexity index is 1670. The highest BCUT2D eigenvalue weighted by Crippen LogP contribution is 2.45. The van der Waals surface area contributed by atoms with E-state index < -0.39 is 49.4 Å². The Morgan fingerprint density at radius 2 is 1.81 bits per heavy atom. The highest BCUT2D eigenvalue weighted by molar-refractivity contribution is 7.92. The summed E-state index contributed by atoms with van der Waals surface area (Å²) in [6, 6.07) is 7.78. The summed E-state index contributed by atoms with van der Waals surface area (Å²) in [6.45, 7) is 6.58. The Morgan fingerprint density at radius 1 is 1.09 bits per heavy atom. The summed E-state index contributed by atoms with van der Waals surface area (Å²) in [7, 11) is -4.89. The maximum Gasteiger partial charge on any atom is 0.267 e. The molecule has 1 saturated heterocycles. The van der Waals surface area contributed by atoms with Crippen LogP contribution in [-0.4, -0.2) is 49.0 Å². The molecule has 9 nitrogen and oxygen atoms in total. The fourth-order valence-electron chi connectivity index (χ4n) is 5.35. The van der Waals surface area contributed by atoms with E-state index in [1.54, 1.807) is 6.92 Å². The molecule has 2 aliphatic rings. The minimum absolute atomic E-state index is 0.00484. The van der Waals surface area contributed by atoms with Gasteiger partial charge in [-0.15, -0.1) is 0 Å². The van der Waals surface area contributed by atoms with Gasteiger partial charge in [0, 0.05) is 24.9 Å². The molecule has 2 unspecified atom stereocenters. The van der Waals surface area contributed by atoms with Crippen LogP contribution in [0, 0.1) is 23.4 Å². The molecule has 13 heteroatoms. The first kappa shape index (κ1) is 30.5. The Balaban J connectivity index is 1.56. The van der Waals surface area contributed by atoms with Crippen molar-refractivity contribution in [2.45, 2.75) is 56.6 Å². The molecule has 3 aromatic rings. The van der Waals surface area contributed by atoms with Crippen LogP contribution in [0.3, 0.4) is 0 Å². The maximum atomic E-state index is 16.1. The van der Waals surface area contributed by atoms with Gasteiger partial charge in [-0.2, -0.15) is 0 Å². The van der Waals surface area contributed by atoms with Gasteiger partial charge in [-0.3, -0.25) is 9.52 Å². The maximum absolute atomic E-state index is 16.1. The number of halogens is 3. The predicted molar refractivity (Wildman–Crippen MR) is 154 cm³/mol. The molecule has 0 radical (unpaired) electrons. The van der Waals surface area contributed by atoms with E-state index in [1.807, 2.05) is 18.6 Å². The minimum Gasteiger partial charge on any atom is -0.476 e. The summed E-state index contributed by atoms with van der Waals surface area (Å²) in [6.07, 6.45) is 3.65. The van der Waals surface area contributed by atoms with Crippen molar-refractivity contribution in [1.82, 2.24) is 9.97 Å². The van der Waals surface area contributed by atoms with Crippen LogP contribution in [0.2, 0.25) is 0 Å². The molecule has 2 aliphatic heterocycles. The number of carbonyl (C=O) groups is 1. The molecule has 0 aliphatic carbocycles. The van der Waals surface area contributed by atoms with Crippen LogP contribution in [0.1, 0.15) is 51.3 Å². The van der Waals surface area contributed by atoms with Crippen LogP contribution < -0.4 is 10.0 Å². The van der Waals surface area contributed by atoms with E-state index in [1.165, 1.54) is 24.4 Å².